The minimum atomic E-state index is -0.218. The molecule has 3 atom stereocenters. The Kier molecular flexibility index (Phi) is 7.26. The molecule has 2 rings (SSSR count). The van der Waals surface area contributed by atoms with E-state index in [2.05, 4.69) is 24.5 Å². The van der Waals surface area contributed by atoms with E-state index in [1.807, 2.05) is 6.92 Å². The molecule has 1 unspecified atom stereocenters. The third-order valence-electron chi connectivity index (χ3n) is 5.73. The molecule has 0 radical (unpaired) electrons. The highest BCUT2D eigenvalue weighted by Crippen LogP contribution is 2.36. The second-order valence-corrected chi connectivity index (χ2v) is 7.69. The van der Waals surface area contributed by atoms with E-state index in [1.54, 1.807) is 4.90 Å². The number of piperidine rings is 1. The van der Waals surface area contributed by atoms with Crippen LogP contribution in [-0.2, 0) is 14.4 Å². The third-order valence-corrected chi connectivity index (χ3v) is 5.73. The highest BCUT2D eigenvalue weighted by Gasteiger charge is 2.34. The van der Waals surface area contributed by atoms with Gasteiger partial charge >= 0.3 is 0 Å². The van der Waals surface area contributed by atoms with Crippen molar-refractivity contribution in [3.05, 3.63) is 0 Å². The molecule has 1 aliphatic carbocycles. The molecule has 1 saturated carbocycles. The summed E-state index contributed by atoms with van der Waals surface area (Å²) >= 11 is 0. The number of hydrogen-bond acceptors (Lipinski definition) is 3. The number of carbonyl (C=O) groups excluding carboxylic acids is 3. The van der Waals surface area contributed by atoms with Crippen LogP contribution in [0.15, 0.2) is 0 Å². The van der Waals surface area contributed by atoms with Crippen molar-refractivity contribution in [2.24, 2.45) is 23.7 Å². The molecule has 0 aromatic rings. The van der Waals surface area contributed by atoms with Crippen molar-refractivity contribution < 1.29 is 14.4 Å². The number of nitrogens with one attached hydrogen (secondary N) is 2. The van der Waals surface area contributed by atoms with Crippen LogP contribution in [0.25, 0.3) is 0 Å². The Hall–Kier alpha value is -1.59. The first-order valence-corrected chi connectivity index (χ1v) is 9.77. The summed E-state index contributed by atoms with van der Waals surface area (Å²) in [5.41, 5.74) is 0. The molecule has 1 heterocycles. The van der Waals surface area contributed by atoms with Gasteiger partial charge in [0.1, 0.15) is 0 Å². The van der Waals surface area contributed by atoms with Crippen LogP contribution in [0, 0.1) is 23.7 Å². The van der Waals surface area contributed by atoms with E-state index in [0.717, 1.165) is 19.3 Å². The second kappa shape index (κ2) is 9.20. The zero-order chi connectivity index (χ0) is 18.4. The van der Waals surface area contributed by atoms with E-state index in [1.165, 1.54) is 0 Å². The first-order valence-electron chi connectivity index (χ1n) is 9.77. The average Bonchev–Trinajstić information content (AvgIpc) is 3.08. The zero-order valence-electron chi connectivity index (χ0n) is 15.8. The van der Waals surface area contributed by atoms with Gasteiger partial charge in [-0.25, -0.2) is 0 Å². The SMILES string of the molecule is CCN(CCNC(=O)[C@@H]1CCC[C@H]1C(C)C)C(=O)C1CCNC(=O)C1. The monoisotopic (exact) mass is 351 g/mol. The quantitative estimate of drug-likeness (QED) is 0.730. The summed E-state index contributed by atoms with van der Waals surface area (Å²) in [5, 5.41) is 5.79. The van der Waals surface area contributed by atoms with Crippen molar-refractivity contribution in [3.8, 4) is 0 Å². The average molecular weight is 351 g/mol. The molecule has 1 saturated heterocycles. The highest BCUT2D eigenvalue weighted by molar-refractivity contribution is 5.87. The molecule has 0 bridgehead atoms. The van der Waals surface area contributed by atoms with Crippen molar-refractivity contribution in [1.82, 2.24) is 15.5 Å². The molecule has 3 amide bonds. The van der Waals surface area contributed by atoms with Crippen molar-refractivity contribution in [2.75, 3.05) is 26.2 Å². The molecule has 0 spiro atoms. The molecule has 2 fully saturated rings. The lowest BCUT2D eigenvalue weighted by atomic mass is 9.85. The summed E-state index contributed by atoms with van der Waals surface area (Å²) in [6.45, 7) is 8.49. The molecule has 0 aromatic carbocycles. The Morgan fingerprint density at radius 3 is 2.68 bits per heavy atom. The minimum absolute atomic E-state index is 0.0347. The molecule has 0 aromatic heterocycles. The highest BCUT2D eigenvalue weighted by atomic mass is 16.2. The van der Waals surface area contributed by atoms with Gasteiger partial charge in [-0.2, -0.15) is 0 Å². The van der Waals surface area contributed by atoms with E-state index in [-0.39, 0.29) is 36.0 Å². The van der Waals surface area contributed by atoms with E-state index in [9.17, 15) is 14.4 Å². The predicted octanol–water partition coefficient (Wildman–Crippen LogP) is 1.55. The van der Waals surface area contributed by atoms with Gasteiger partial charge in [0.25, 0.3) is 0 Å². The Labute approximate surface area is 151 Å². The summed E-state index contributed by atoms with van der Waals surface area (Å²) in [4.78, 5) is 38.3. The first-order chi connectivity index (χ1) is 11.9. The summed E-state index contributed by atoms with van der Waals surface area (Å²) < 4.78 is 0. The molecular formula is C19H33N3O3. The van der Waals surface area contributed by atoms with E-state index in [0.29, 0.717) is 44.4 Å². The van der Waals surface area contributed by atoms with Crippen LogP contribution < -0.4 is 10.6 Å². The van der Waals surface area contributed by atoms with Gasteiger partial charge in [0, 0.05) is 44.4 Å². The zero-order valence-corrected chi connectivity index (χ0v) is 15.8. The van der Waals surface area contributed by atoms with Gasteiger partial charge in [0.05, 0.1) is 0 Å². The Bertz CT molecular complexity index is 492. The second-order valence-electron chi connectivity index (χ2n) is 7.69. The van der Waals surface area contributed by atoms with E-state index >= 15 is 0 Å². The van der Waals surface area contributed by atoms with Gasteiger partial charge in [0.15, 0.2) is 0 Å². The number of hydrogen-bond donors (Lipinski definition) is 2. The molecule has 1 aliphatic heterocycles. The largest absolute Gasteiger partial charge is 0.356 e. The maximum atomic E-state index is 12.6. The topological polar surface area (TPSA) is 78.5 Å². The van der Waals surface area contributed by atoms with Gasteiger partial charge in [-0.05, 0) is 38.0 Å². The van der Waals surface area contributed by atoms with Crippen molar-refractivity contribution >= 4 is 17.7 Å². The molecule has 2 aliphatic rings. The van der Waals surface area contributed by atoms with Crippen molar-refractivity contribution in [3.63, 3.8) is 0 Å². The lowest BCUT2D eigenvalue weighted by Gasteiger charge is -2.29. The fourth-order valence-electron chi connectivity index (χ4n) is 4.23. The van der Waals surface area contributed by atoms with Crippen molar-refractivity contribution in [2.45, 2.75) is 52.9 Å². The summed E-state index contributed by atoms with van der Waals surface area (Å²) in [7, 11) is 0. The predicted molar refractivity (Wildman–Crippen MR) is 96.7 cm³/mol. The lowest BCUT2D eigenvalue weighted by Crippen LogP contribution is -2.46. The number of likely N-dealkylation sites (N-methyl/N-ethyl adjacent to an activating group) is 1. The lowest BCUT2D eigenvalue weighted by molar-refractivity contribution is -0.140. The first kappa shape index (κ1) is 19.7. The Balaban J connectivity index is 1.79. The van der Waals surface area contributed by atoms with Gasteiger partial charge in [-0.1, -0.05) is 20.3 Å². The normalized spacial score (nSPS) is 26.4. The maximum Gasteiger partial charge on any atom is 0.226 e. The molecule has 142 valence electrons. The van der Waals surface area contributed by atoms with Crippen molar-refractivity contribution in [1.29, 1.82) is 0 Å². The number of amides is 3. The van der Waals surface area contributed by atoms with Crippen LogP contribution in [-0.4, -0.2) is 48.8 Å². The fraction of sp³-hybridized carbons (Fsp3) is 0.842. The number of carbonyl (C=O) groups is 3. The number of rotatable bonds is 7. The van der Waals surface area contributed by atoms with Crippen LogP contribution in [0.4, 0.5) is 0 Å². The molecule has 6 heteroatoms. The van der Waals surface area contributed by atoms with E-state index < -0.39 is 0 Å². The van der Waals surface area contributed by atoms with Crippen LogP contribution >= 0.6 is 0 Å². The van der Waals surface area contributed by atoms with Crippen LogP contribution in [0.1, 0.15) is 52.9 Å². The summed E-state index contributed by atoms with van der Waals surface area (Å²) in [6.07, 6.45) is 4.22. The van der Waals surface area contributed by atoms with Crippen LogP contribution in [0.3, 0.4) is 0 Å². The van der Waals surface area contributed by atoms with E-state index in [4.69, 9.17) is 0 Å². The summed E-state index contributed by atoms with van der Waals surface area (Å²) in [6, 6.07) is 0. The maximum absolute atomic E-state index is 12.6. The smallest absolute Gasteiger partial charge is 0.226 e. The summed E-state index contributed by atoms with van der Waals surface area (Å²) in [5.74, 6) is 1.03. The standard InChI is InChI=1S/C19H33N3O3/c1-4-22(19(25)14-8-9-20-17(23)12-14)11-10-21-18(24)16-7-5-6-15(16)13(2)3/h13-16H,4-12H2,1-3H3,(H,20,23)(H,21,24)/t14?,15-,16+/m0/s1. The van der Waals surface area contributed by atoms with Gasteiger partial charge < -0.3 is 15.5 Å². The van der Waals surface area contributed by atoms with Crippen LogP contribution in [0.5, 0.6) is 0 Å². The third kappa shape index (κ3) is 5.19. The molecule has 6 nitrogen and oxygen atoms in total. The molecule has 2 N–H and O–H groups in total. The fourth-order valence-corrected chi connectivity index (χ4v) is 4.23. The van der Waals surface area contributed by atoms with Gasteiger partial charge in [0.2, 0.25) is 17.7 Å². The number of nitrogens with zero attached hydrogens (tertiary/aromatic N) is 1. The molecular weight excluding hydrogens is 318 g/mol. The van der Waals surface area contributed by atoms with Gasteiger partial charge in [-0.15, -0.1) is 0 Å². The van der Waals surface area contributed by atoms with Crippen LogP contribution in [0.2, 0.25) is 0 Å². The Morgan fingerprint density at radius 2 is 2.04 bits per heavy atom. The minimum Gasteiger partial charge on any atom is -0.356 e. The Morgan fingerprint density at radius 1 is 1.28 bits per heavy atom. The molecule has 25 heavy (non-hydrogen) atoms. The van der Waals surface area contributed by atoms with Gasteiger partial charge in [-0.3, -0.25) is 14.4 Å².